The van der Waals surface area contributed by atoms with Gasteiger partial charge >= 0.3 is 0 Å². The number of nitrogens with one attached hydrogen (secondary N) is 1. The molecule has 0 atom stereocenters. The Morgan fingerprint density at radius 1 is 1.23 bits per heavy atom. The largest absolute Gasteiger partial charge is 0.492 e. The third kappa shape index (κ3) is 4.08. The Hall–Kier alpha value is -1.90. The number of carbonyl (C=O) groups excluding carboxylic acids is 1. The summed E-state index contributed by atoms with van der Waals surface area (Å²) in [7, 11) is -3.58. The highest BCUT2D eigenvalue weighted by Crippen LogP contribution is 2.31. The van der Waals surface area contributed by atoms with Gasteiger partial charge in [0.15, 0.2) is 0 Å². The van der Waals surface area contributed by atoms with Crippen molar-refractivity contribution in [3.05, 3.63) is 40.6 Å². The summed E-state index contributed by atoms with van der Waals surface area (Å²) in [6, 6.07) is 8.13. The molecule has 3 rings (SSSR count). The number of ether oxygens (including phenoxy) is 1. The number of nitrogens with zero attached hydrogens (tertiary/aromatic N) is 1. The summed E-state index contributed by atoms with van der Waals surface area (Å²) < 4.78 is 32.9. The molecule has 0 saturated carbocycles. The summed E-state index contributed by atoms with van der Waals surface area (Å²) in [5.41, 5.74) is 0.364. The fourth-order valence-corrected chi connectivity index (χ4v) is 5.06. The van der Waals surface area contributed by atoms with Gasteiger partial charge in [-0.15, -0.1) is 11.3 Å². The number of rotatable bonds is 6. The van der Waals surface area contributed by atoms with Crippen LogP contribution in [0.5, 0.6) is 5.75 Å². The van der Waals surface area contributed by atoms with E-state index in [4.69, 9.17) is 4.74 Å². The van der Waals surface area contributed by atoms with E-state index in [1.807, 2.05) is 12.3 Å². The molecule has 2 aromatic rings. The number of carbonyl (C=O) groups is 1. The van der Waals surface area contributed by atoms with Gasteiger partial charge in [0.05, 0.1) is 22.1 Å². The van der Waals surface area contributed by atoms with Crippen molar-refractivity contribution in [1.82, 2.24) is 4.31 Å². The number of piperidine rings is 1. The smallest absolute Gasteiger partial charge is 0.265 e. The molecule has 0 radical (unpaired) electrons. The first-order valence-electron chi connectivity index (χ1n) is 8.64. The van der Waals surface area contributed by atoms with E-state index < -0.39 is 10.0 Å². The van der Waals surface area contributed by atoms with Crippen LogP contribution in [-0.2, 0) is 10.0 Å². The van der Waals surface area contributed by atoms with Crippen LogP contribution in [0.4, 0.5) is 5.69 Å². The molecule has 1 aliphatic rings. The predicted octanol–water partition coefficient (Wildman–Crippen LogP) is 3.57. The molecule has 1 aromatic carbocycles. The molecule has 1 saturated heterocycles. The summed E-state index contributed by atoms with van der Waals surface area (Å²) in [5.74, 6) is 0.170. The maximum absolute atomic E-state index is 12.9. The second kappa shape index (κ2) is 8.20. The number of anilines is 1. The molecule has 0 spiro atoms. The molecule has 1 fully saturated rings. The van der Waals surface area contributed by atoms with Crippen LogP contribution in [0.2, 0.25) is 0 Å². The molecule has 140 valence electrons. The van der Waals surface area contributed by atoms with Crippen molar-refractivity contribution >= 4 is 33.0 Å². The van der Waals surface area contributed by atoms with E-state index in [1.165, 1.54) is 27.8 Å². The van der Waals surface area contributed by atoms with Gasteiger partial charge in [0.1, 0.15) is 5.75 Å². The Labute approximate surface area is 157 Å². The number of benzene rings is 1. The molecule has 1 aliphatic heterocycles. The van der Waals surface area contributed by atoms with Crippen molar-refractivity contribution in [2.24, 2.45) is 0 Å². The molecular weight excluding hydrogens is 372 g/mol. The lowest BCUT2D eigenvalue weighted by atomic mass is 10.2. The third-order valence-electron chi connectivity index (χ3n) is 4.20. The Kier molecular flexibility index (Phi) is 5.95. The summed E-state index contributed by atoms with van der Waals surface area (Å²) in [6.07, 6.45) is 2.80. The van der Waals surface area contributed by atoms with Gasteiger partial charge in [-0.05, 0) is 49.4 Å². The zero-order valence-corrected chi connectivity index (χ0v) is 16.2. The molecule has 6 nitrogen and oxygen atoms in total. The second-order valence-electron chi connectivity index (χ2n) is 5.99. The molecule has 0 aliphatic carbocycles. The highest BCUT2D eigenvalue weighted by atomic mass is 32.2. The lowest BCUT2D eigenvalue weighted by Gasteiger charge is -2.26. The van der Waals surface area contributed by atoms with Crippen molar-refractivity contribution in [2.45, 2.75) is 31.1 Å². The van der Waals surface area contributed by atoms with Gasteiger partial charge in [-0.3, -0.25) is 4.79 Å². The molecule has 0 unspecified atom stereocenters. The molecule has 1 aromatic heterocycles. The minimum absolute atomic E-state index is 0.171. The van der Waals surface area contributed by atoms with Crippen LogP contribution >= 0.6 is 11.3 Å². The molecule has 2 heterocycles. The zero-order chi connectivity index (χ0) is 18.6. The van der Waals surface area contributed by atoms with Crippen LogP contribution < -0.4 is 10.1 Å². The van der Waals surface area contributed by atoms with E-state index in [1.54, 1.807) is 18.2 Å². The van der Waals surface area contributed by atoms with Gasteiger partial charge in [-0.25, -0.2) is 8.42 Å². The summed E-state index contributed by atoms with van der Waals surface area (Å²) in [6.45, 7) is 3.32. The van der Waals surface area contributed by atoms with Crippen LogP contribution in [0, 0.1) is 0 Å². The summed E-state index contributed by atoms with van der Waals surface area (Å²) in [5, 5.41) is 4.59. The predicted molar refractivity (Wildman–Crippen MR) is 102 cm³/mol. The Bertz CT molecular complexity index is 857. The van der Waals surface area contributed by atoms with Crippen LogP contribution in [0.3, 0.4) is 0 Å². The van der Waals surface area contributed by atoms with Gasteiger partial charge in [0.2, 0.25) is 10.0 Å². The molecule has 1 N–H and O–H groups in total. The first-order chi connectivity index (χ1) is 12.5. The average molecular weight is 395 g/mol. The number of hydrogen-bond acceptors (Lipinski definition) is 5. The highest BCUT2D eigenvalue weighted by molar-refractivity contribution is 7.89. The molecule has 26 heavy (non-hydrogen) atoms. The first-order valence-corrected chi connectivity index (χ1v) is 11.0. The molecular formula is C18H22N2O4S2. The van der Waals surface area contributed by atoms with E-state index in [0.717, 1.165) is 19.3 Å². The van der Waals surface area contributed by atoms with Gasteiger partial charge < -0.3 is 10.1 Å². The fourth-order valence-electron chi connectivity index (χ4n) is 2.89. The lowest BCUT2D eigenvalue weighted by Crippen LogP contribution is -2.35. The number of thiophene rings is 1. The van der Waals surface area contributed by atoms with Crippen LogP contribution in [0.25, 0.3) is 0 Å². The minimum atomic E-state index is -3.58. The van der Waals surface area contributed by atoms with Crippen molar-refractivity contribution in [1.29, 1.82) is 0 Å². The average Bonchev–Trinajstić information content (AvgIpc) is 3.19. The lowest BCUT2D eigenvalue weighted by molar-refractivity contribution is 0.103. The number of hydrogen-bond donors (Lipinski definition) is 1. The van der Waals surface area contributed by atoms with Gasteiger partial charge in [0.25, 0.3) is 5.91 Å². The third-order valence-corrected chi connectivity index (χ3v) is 6.96. The van der Waals surface area contributed by atoms with Crippen molar-refractivity contribution in [3.63, 3.8) is 0 Å². The van der Waals surface area contributed by atoms with Crippen molar-refractivity contribution < 1.29 is 17.9 Å². The monoisotopic (exact) mass is 394 g/mol. The van der Waals surface area contributed by atoms with Gasteiger partial charge in [-0.1, -0.05) is 12.5 Å². The maximum atomic E-state index is 12.9. The zero-order valence-electron chi connectivity index (χ0n) is 14.6. The highest BCUT2D eigenvalue weighted by Gasteiger charge is 2.27. The Morgan fingerprint density at radius 3 is 2.65 bits per heavy atom. The number of sulfonamides is 1. The van der Waals surface area contributed by atoms with Crippen LogP contribution in [-0.4, -0.2) is 38.3 Å². The second-order valence-corrected chi connectivity index (χ2v) is 8.87. The van der Waals surface area contributed by atoms with Crippen molar-refractivity contribution in [2.75, 3.05) is 25.0 Å². The normalized spacial score (nSPS) is 15.6. The van der Waals surface area contributed by atoms with Gasteiger partial charge in [-0.2, -0.15) is 4.31 Å². The van der Waals surface area contributed by atoms with E-state index >= 15 is 0 Å². The first kappa shape index (κ1) is 18.9. The minimum Gasteiger partial charge on any atom is -0.492 e. The fraction of sp³-hybridized carbons (Fsp3) is 0.389. The Morgan fingerprint density at radius 2 is 2.00 bits per heavy atom. The van der Waals surface area contributed by atoms with Crippen LogP contribution in [0.15, 0.2) is 40.6 Å². The SMILES string of the molecule is CCOc1ccc(S(=O)(=O)N2CCCCC2)cc1NC(=O)c1cccs1. The Balaban J connectivity index is 1.91. The molecule has 8 heteroatoms. The quantitative estimate of drug-likeness (QED) is 0.813. The summed E-state index contributed by atoms with van der Waals surface area (Å²) >= 11 is 1.32. The maximum Gasteiger partial charge on any atom is 0.265 e. The van der Waals surface area contributed by atoms with Crippen molar-refractivity contribution in [3.8, 4) is 5.75 Å². The van der Waals surface area contributed by atoms with E-state index in [0.29, 0.717) is 36.0 Å². The van der Waals surface area contributed by atoms with E-state index in [2.05, 4.69) is 5.32 Å². The van der Waals surface area contributed by atoms with E-state index in [-0.39, 0.29) is 10.8 Å². The van der Waals surface area contributed by atoms with Crippen LogP contribution in [0.1, 0.15) is 35.9 Å². The number of amides is 1. The topological polar surface area (TPSA) is 75.7 Å². The molecule has 1 amide bonds. The van der Waals surface area contributed by atoms with E-state index in [9.17, 15) is 13.2 Å². The summed E-state index contributed by atoms with van der Waals surface area (Å²) in [4.78, 5) is 13.1. The standard InChI is InChI=1S/C18H22N2O4S2/c1-2-24-16-9-8-14(26(22,23)20-10-4-3-5-11-20)13-15(16)19-18(21)17-7-6-12-25-17/h6-9,12-13H,2-5,10-11H2,1H3,(H,19,21). The van der Waals surface area contributed by atoms with Gasteiger partial charge in [0, 0.05) is 13.1 Å². The molecule has 0 bridgehead atoms.